The molecule has 0 aromatic heterocycles. The summed E-state index contributed by atoms with van der Waals surface area (Å²) in [7, 11) is 7.53. The second-order valence-corrected chi connectivity index (χ2v) is 9.54. The van der Waals surface area contributed by atoms with Crippen molar-refractivity contribution in [2.24, 2.45) is 4.99 Å². The number of carbonyl (C=O) groups excluding carboxylic acids is 2. The van der Waals surface area contributed by atoms with E-state index >= 15 is 0 Å². The van der Waals surface area contributed by atoms with E-state index < -0.39 is 11.7 Å². The molecule has 1 unspecified atom stereocenters. The number of fused-ring (bicyclic) bond motifs is 1. The standard InChI is InChI=1S/C29H31FN4O2/c1-33(2)18-20-7-13-23(14-8-20)31-28(27-24-15-12-22(30)17-25(24)32-29(27)36)21-10-5-19(6-11-21)9-16-26(35)34(3)4/h5-8,10-15,17,27H,9,16,18H2,1-4H3,(H,32,36). The number of benzene rings is 3. The van der Waals surface area contributed by atoms with Crippen molar-refractivity contribution in [1.82, 2.24) is 9.80 Å². The van der Waals surface area contributed by atoms with Crippen LogP contribution in [-0.2, 0) is 22.6 Å². The number of aryl methyl sites for hydroxylation is 1. The molecule has 0 radical (unpaired) electrons. The van der Waals surface area contributed by atoms with Gasteiger partial charge in [0.05, 0.1) is 11.4 Å². The second-order valence-electron chi connectivity index (χ2n) is 9.54. The minimum absolute atomic E-state index is 0.0745. The van der Waals surface area contributed by atoms with Crippen molar-refractivity contribution in [1.29, 1.82) is 0 Å². The van der Waals surface area contributed by atoms with E-state index in [0.717, 1.165) is 28.9 Å². The minimum atomic E-state index is -0.664. The molecule has 0 saturated heterocycles. The van der Waals surface area contributed by atoms with Gasteiger partial charge in [0.1, 0.15) is 11.7 Å². The van der Waals surface area contributed by atoms with Crippen LogP contribution in [0.1, 0.15) is 34.6 Å². The van der Waals surface area contributed by atoms with Gasteiger partial charge in [0.15, 0.2) is 0 Å². The van der Waals surface area contributed by atoms with Gasteiger partial charge in [-0.05, 0) is 67.0 Å². The number of nitrogens with one attached hydrogen (secondary N) is 1. The van der Waals surface area contributed by atoms with Gasteiger partial charge in [0, 0.05) is 32.7 Å². The van der Waals surface area contributed by atoms with Crippen LogP contribution in [0.25, 0.3) is 0 Å². The van der Waals surface area contributed by atoms with Gasteiger partial charge in [-0.25, -0.2) is 4.39 Å². The SMILES string of the molecule is CN(C)Cc1ccc(N=C(c2ccc(CCC(=O)N(C)C)cc2)C2C(=O)Nc3cc(F)ccc32)cc1. The quantitative estimate of drug-likeness (QED) is 0.467. The monoisotopic (exact) mass is 486 g/mol. The third-order valence-corrected chi connectivity index (χ3v) is 6.18. The first-order valence-electron chi connectivity index (χ1n) is 11.9. The summed E-state index contributed by atoms with van der Waals surface area (Å²) in [6.45, 7) is 0.818. The fourth-order valence-corrected chi connectivity index (χ4v) is 4.30. The maximum absolute atomic E-state index is 13.8. The zero-order chi connectivity index (χ0) is 25.8. The van der Waals surface area contributed by atoms with Gasteiger partial charge in [-0.15, -0.1) is 0 Å². The zero-order valence-corrected chi connectivity index (χ0v) is 21.1. The average molecular weight is 487 g/mol. The Bertz CT molecular complexity index is 1280. The summed E-state index contributed by atoms with van der Waals surface area (Å²) in [6, 6.07) is 20.1. The summed E-state index contributed by atoms with van der Waals surface area (Å²) in [5.74, 6) is -1.23. The molecule has 4 rings (SSSR count). The molecule has 1 heterocycles. The van der Waals surface area contributed by atoms with Crippen LogP contribution in [0.5, 0.6) is 0 Å². The highest BCUT2D eigenvalue weighted by Gasteiger charge is 2.35. The maximum Gasteiger partial charge on any atom is 0.238 e. The Balaban J connectivity index is 1.70. The van der Waals surface area contributed by atoms with E-state index in [1.165, 1.54) is 12.1 Å². The number of hydrogen-bond acceptors (Lipinski definition) is 4. The summed E-state index contributed by atoms with van der Waals surface area (Å²) in [6.07, 6.45) is 1.06. The first-order chi connectivity index (χ1) is 17.2. The van der Waals surface area contributed by atoms with Gasteiger partial charge in [0.25, 0.3) is 0 Å². The average Bonchev–Trinajstić information content (AvgIpc) is 3.16. The van der Waals surface area contributed by atoms with Crippen LogP contribution in [0.15, 0.2) is 71.7 Å². The summed E-state index contributed by atoms with van der Waals surface area (Å²) < 4.78 is 13.8. The fraction of sp³-hybridized carbons (Fsp3) is 0.276. The lowest BCUT2D eigenvalue weighted by Crippen LogP contribution is -2.22. The predicted octanol–water partition coefficient (Wildman–Crippen LogP) is 4.76. The van der Waals surface area contributed by atoms with Crippen molar-refractivity contribution < 1.29 is 14.0 Å². The Hall–Kier alpha value is -3.84. The number of anilines is 1. The van der Waals surface area contributed by atoms with Crippen LogP contribution < -0.4 is 5.32 Å². The number of nitrogens with zero attached hydrogens (tertiary/aromatic N) is 3. The number of halogens is 1. The zero-order valence-electron chi connectivity index (χ0n) is 21.1. The predicted molar refractivity (Wildman–Crippen MR) is 141 cm³/mol. The molecule has 0 fully saturated rings. The minimum Gasteiger partial charge on any atom is -0.349 e. The summed E-state index contributed by atoms with van der Waals surface area (Å²) >= 11 is 0. The summed E-state index contributed by atoms with van der Waals surface area (Å²) in [5.41, 5.74) is 5.48. The van der Waals surface area contributed by atoms with E-state index in [1.54, 1.807) is 25.1 Å². The Kier molecular flexibility index (Phi) is 7.60. The van der Waals surface area contributed by atoms with Crippen LogP contribution in [0, 0.1) is 5.82 Å². The highest BCUT2D eigenvalue weighted by atomic mass is 19.1. The second kappa shape index (κ2) is 10.8. The molecule has 36 heavy (non-hydrogen) atoms. The highest BCUT2D eigenvalue weighted by molar-refractivity contribution is 6.24. The first-order valence-corrected chi connectivity index (χ1v) is 11.9. The number of rotatable bonds is 8. The molecule has 7 heteroatoms. The lowest BCUT2D eigenvalue weighted by molar-refractivity contribution is -0.128. The van der Waals surface area contributed by atoms with Gasteiger partial charge >= 0.3 is 0 Å². The molecular weight excluding hydrogens is 455 g/mol. The third kappa shape index (κ3) is 5.86. The molecule has 1 N–H and O–H groups in total. The molecule has 0 aliphatic carbocycles. The van der Waals surface area contributed by atoms with Crippen LogP contribution in [-0.4, -0.2) is 55.5 Å². The van der Waals surface area contributed by atoms with Gasteiger partial charge in [-0.2, -0.15) is 0 Å². The lowest BCUT2D eigenvalue weighted by atomic mass is 9.90. The van der Waals surface area contributed by atoms with Crippen molar-refractivity contribution in [3.63, 3.8) is 0 Å². The molecule has 0 spiro atoms. The van der Waals surface area contributed by atoms with Crippen LogP contribution >= 0.6 is 0 Å². The van der Waals surface area contributed by atoms with Gasteiger partial charge in [-0.1, -0.05) is 42.5 Å². The molecule has 1 atom stereocenters. The number of carbonyl (C=O) groups is 2. The first kappa shape index (κ1) is 25.3. The van der Waals surface area contributed by atoms with Crippen LogP contribution in [0.4, 0.5) is 15.8 Å². The maximum atomic E-state index is 13.8. The fourth-order valence-electron chi connectivity index (χ4n) is 4.30. The number of aliphatic imine (C=N–C) groups is 1. The number of amides is 2. The van der Waals surface area contributed by atoms with Crippen molar-refractivity contribution >= 4 is 28.9 Å². The lowest BCUT2D eigenvalue weighted by Gasteiger charge is -2.15. The Morgan fingerprint density at radius 1 is 0.944 bits per heavy atom. The molecule has 0 saturated carbocycles. The number of hydrogen-bond donors (Lipinski definition) is 1. The topological polar surface area (TPSA) is 65.0 Å². The highest BCUT2D eigenvalue weighted by Crippen LogP contribution is 2.36. The van der Waals surface area contributed by atoms with Gasteiger partial charge in [0.2, 0.25) is 11.8 Å². The Morgan fingerprint density at radius 3 is 2.25 bits per heavy atom. The molecule has 1 aliphatic heterocycles. The van der Waals surface area contributed by atoms with Crippen LogP contribution in [0.3, 0.4) is 0 Å². The molecule has 3 aromatic rings. The van der Waals surface area contributed by atoms with E-state index in [2.05, 4.69) is 10.2 Å². The Labute approximate surface area is 211 Å². The molecule has 6 nitrogen and oxygen atoms in total. The largest absolute Gasteiger partial charge is 0.349 e. The normalized spacial score (nSPS) is 15.1. The molecule has 1 aliphatic rings. The van der Waals surface area contributed by atoms with E-state index in [9.17, 15) is 14.0 Å². The Morgan fingerprint density at radius 2 is 1.61 bits per heavy atom. The molecule has 2 amide bonds. The van der Waals surface area contributed by atoms with Crippen molar-refractivity contribution in [3.8, 4) is 0 Å². The van der Waals surface area contributed by atoms with Crippen molar-refractivity contribution in [2.75, 3.05) is 33.5 Å². The van der Waals surface area contributed by atoms with Crippen LogP contribution in [0.2, 0.25) is 0 Å². The molecule has 0 bridgehead atoms. The summed E-state index contributed by atoms with van der Waals surface area (Å²) in [5, 5.41) is 2.80. The molecular formula is C29H31FN4O2. The van der Waals surface area contributed by atoms with Crippen molar-refractivity contribution in [2.45, 2.75) is 25.3 Å². The van der Waals surface area contributed by atoms with E-state index in [0.29, 0.717) is 29.8 Å². The van der Waals surface area contributed by atoms with Gasteiger partial charge in [-0.3, -0.25) is 14.6 Å². The van der Waals surface area contributed by atoms with Gasteiger partial charge < -0.3 is 15.1 Å². The van der Waals surface area contributed by atoms with E-state index in [4.69, 9.17) is 4.99 Å². The summed E-state index contributed by atoms with van der Waals surface area (Å²) in [4.78, 5) is 33.6. The van der Waals surface area contributed by atoms with Crippen molar-refractivity contribution in [3.05, 3.63) is 94.8 Å². The molecule has 3 aromatic carbocycles. The third-order valence-electron chi connectivity index (χ3n) is 6.18. The smallest absolute Gasteiger partial charge is 0.238 e. The molecule has 186 valence electrons. The van der Waals surface area contributed by atoms with E-state index in [1.807, 2.05) is 62.6 Å². The van der Waals surface area contributed by atoms with E-state index in [-0.39, 0.29) is 11.8 Å².